The molecule has 0 aromatic heterocycles. The predicted octanol–water partition coefficient (Wildman–Crippen LogP) is 1.69. The third kappa shape index (κ3) is 6.05. The van der Waals surface area contributed by atoms with Crippen LogP contribution < -0.4 is 0 Å². The summed E-state index contributed by atoms with van der Waals surface area (Å²) < 4.78 is 43.2. The van der Waals surface area contributed by atoms with Gasteiger partial charge in [0.15, 0.2) is 0 Å². The number of aliphatic carboxylic acids is 1. The lowest BCUT2D eigenvalue weighted by atomic mass is 9.82. The van der Waals surface area contributed by atoms with Gasteiger partial charge in [-0.25, -0.2) is 9.86 Å². The van der Waals surface area contributed by atoms with E-state index in [1.54, 1.807) is 0 Å². The fraction of sp³-hybridized carbons (Fsp3) is 0.895. The highest BCUT2D eigenvalue weighted by molar-refractivity contribution is 5.75. The van der Waals surface area contributed by atoms with Crippen LogP contribution in [-0.2, 0) is 23.9 Å². The van der Waals surface area contributed by atoms with Gasteiger partial charge in [-0.1, -0.05) is 0 Å². The zero-order chi connectivity index (χ0) is 21.7. The lowest BCUT2D eigenvalue weighted by molar-refractivity contribution is -0.192. The first-order valence-electron chi connectivity index (χ1n) is 10.4. The van der Waals surface area contributed by atoms with Gasteiger partial charge < -0.3 is 14.6 Å². The largest absolute Gasteiger partial charge is 0.490 e. The van der Waals surface area contributed by atoms with Gasteiger partial charge in [-0.3, -0.25) is 14.5 Å². The Morgan fingerprint density at radius 2 is 1.77 bits per heavy atom. The number of likely N-dealkylation sites (tertiary alicyclic amines) is 1. The number of carbonyl (C=O) groups is 2. The number of fused-ring (bicyclic) bond motifs is 1. The summed E-state index contributed by atoms with van der Waals surface area (Å²) >= 11 is 0. The number of piperidine rings is 1. The summed E-state index contributed by atoms with van der Waals surface area (Å²) in [4.78, 5) is 29.2. The zero-order valence-corrected chi connectivity index (χ0v) is 16.8. The number of carbonyl (C=O) groups excluding carboxylic acids is 1. The molecule has 0 saturated carbocycles. The molecule has 8 nitrogen and oxygen atoms in total. The average Bonchev–Trinajstić information content (AvgIpc) is 3.38. The molecule has 0 radical (unpaired) electrons. The van der Waals surface area contributed by atoms with Crippen LogP contribution in [0.5, 0.6) is 0 Å². The summed E-state index contributed by atoms with van der Waals surface area (Å²) in [6, 6.07) is 0.684. The Balaban J connectivity index is 0.000000318. The van der Waals surface area contributed by atoms with Gasteiger partial charge in [0, 0.05) is 31.7 Å². The number of carboxylic acid groups (broad SMARTS) is 1. The minimum absolute atomic E-state index is 0.0912. The Morgan fingerprint density at radius 1 is 1.07 bits per heavy atom. The Bertz CT molecular complexity index is 593. The van der Waals surface area contributed by atoms with E-state index in [4.69, 9.17) is 24.2 Å². The van der Waals surface area contributed by atoms with Crippen LogP contribution >= 0.6 is 0 Å². The normalized spacial score (nSPS) is 30.5. The van der Waals surface area contributed by atoms with Gasteiger partial charge in [-0.15, -0.1) is 0 Å². The predicted molar refractivity (Wildman–Crippen MR) is 97.3 cm³/mol. The SMILES string of the molecule is O=C(C[C@@H]1OC[C@H]2CN(C3CCOCC3)CC[C@H]21)N1CCCO1.O=C(O)C(F)(F)F. The molecule has 172 valence electrons. The summed E-state index contributed by atoms with van der Waals surface area (Å²) in [7, 11) is 0. The highest BCUT2D eigenvalue weighted by Crippen LogP contribution is 2.37. The number of nitrogens with zero attached hydrogens (tertiary/aromatic N) is 2. The van der Waals surface area contributed by atoms with Crippen molar-refractivity contribution in [3.05, 3.63) is 0 Å². The molecule has 4 aliphatic rings. The minimum atomic E-state index is -5.08. The van der Waals surface area contributed by atoms with Crippen molar-refractivity contribution in [2.24, 2.45) is 11.8 Å². The Hall–Kier alpha value is -1.43. The first kappa shape index (κ1) is 23.2. The number of hydrogen-bond donors (Lipinski definition) is 1. The number of amides is 1. The summed E-state index contributed by atoms with van der Waals surface area (Å²) in [6.07, 6.45) is -0.0878. The Kier molecular flexibility index (Phi) is 7.94. The molecular formula is C19H29F3N2O6. The lowest BCUT2D eigenvalue weighted by Gasteiger charge is -2.41. The quantitative estimate of drug-likeness (QED) is 0.717. The number of rotatable bonds is 3. The van der Waals surface area contributed by atoms with Crippen molar-refractivity contribution >= 4 is 11.9 Å². The van der Waals surface area contributed by atoms with E-state index in [0.29, 0.717) is 30.9 Å². The van der Waals surface area contributed by atoms with E-state index >= 15 is 0 Å². The summed E-state index contributed by atoms with van der Waals surface area (Å²) in [5, 5.41) is 8.66. The van der Waals surface area contributed by atoms with Gasteiger partial charge >= 0.3 is 12.1 Å². The fourth-order valence-corrected chi connectivity index (χ4v) is 4.63. The molecule has 4 saturated heterocycles. The highest BCUT2D eigenvalue weighted by Gasteiger charge is 2.43. The van der Waals surface area contributed by atoms with E-state index in [1.807, 2.05) is 0 Å². The smallest absolute Gasteiger partial charge is 0.475 e. The van der Waals surface area contributed by atoms with Crippen molar-refractivity contribution in [1.82, 2.24) is 9.96 Å². The van der Waals surface area contributed by atoms with Crippen LogP contribution in [0.15, 0.2) is 0 Å². The Labute approximate surface area is 173 Å². The van der Waals surface area contributed by atoms with Crippen molar-refractivity contribution in [2.75, 3.05) is 46.1 Å². The van der Waals surface area contributed by atoms with Crippen molar-refractivity contribution in [3.8, 4) is 0 Å². The summed E-state index contributed by atoms with van der Waals surface area (Å²) in [5.41, 5.74) is 0. The van der Waals surface area contributed by atoms with Crippen LogP contribution in [0.25, 0.3) is 0 Å². The lowest BCUT2D eigenvalue weighted by Crippen LogP contribution is -2.48. The van der Waals surface area contributed by atoms with E-state index in [-0.39, 0.29) is 12.0 Å². The molecule has 4 heterocycles. The van der Waals surface area contributed by atoms with Crippen LogP contribution in [0.3, 0.4) is 0 Å². The molecule has 0 aromatic carbocycles. The molecular weight excluding hydrogens is 409 g/mol. The standard InChI is InChI=1S/C17H28N2O4.C2HF3O2/c20-17(19-5-1-7-23-19)10-16-15-2-6-18(11-13(15)12-22-16)14-3-8-21-9-4-14;3-2(4,5)1(6)7/h13-16H,1-12H2;(H,6,7)/t13-,15-,16+;/m1./s1. The summed E-state index contributed by atoms with van der Waals surface area (Å²) in [6.45, 7) is 6.28. The van der Waals surface area contributed by atoms with Gasteiger partial charge in [0.1, 0.15) is 0 Å². The molecule has 4 aliphatic heterocycles. The van der Waals surface area contributed by atoms with Crippen molar-refractivity contribution in [3.63, 3.8) is 0 Å². The maximum atomic E-state index is 12.3. The maximum absolute atomic E-state index is 12.3. The first-order chi connectivity index (χ1) is 14.3. The number of hydrogen-bond acceptors (Lipinski definition) is 6. The number of ether oxygens (including phenoxy) is 2. The van der Waals surface area contributed by atoms with Crippen LogP contribution in [-0.4, -0.2) is 91.3 Å². The number of carboxylic acids is 1. The van der Waals surface area contributed by atoms with Gasteiger partial charge in [-0.05, 0) is 38.1 Å². The number of hydroxylamine groups is 2. The molecule has 0 unspecified atom stereocenters. The summed E-state index contributed by atoms with van der Waals surface area (Å²) in [5.74, 6) is -1.53. The second-order valence-corrected chi connectivity index (χ2v) is 8.11. The molecule has 0 aliphatic carbocycles. The molecule has 1 amide bonds. The third-order valence-electron chi connectivity index (χ3n) is 6.18. The van der Waals surface area contributed by atoms with E-state index < -0.39 is 12.1 Å². The topological polar surface area (TPSA) is 88.5 Å². The number of halogens is 3. The van der Waals surface area contributed by atoms with Crippen LogP contribution in [0.2, 0.25) is 0 Å². The molecule has 1 N–H and O–H groups in total. The van der Waals surface area contributed by atoms with Crippen molar-refractivity contribution in [1.29, 1.82) is 0 Å². The molecule has 0 bridgehead atoms. The molecule has 0 aromatic rings. The van der Waals surface area contributed by atoms with E-state index in [2.05, 4.69) is 4.90 Å². The molecule has 0 spiro atoms. The fourth-order valence-electron chi connectivity index (χ4n) is 4.63. The Morgan fingerprint density at radius 3 is 2.37 bits per heavy atom. The van der Waals surface area contributed by atoms with Gasteiger partial charge in [-0.2, -0.15) is 13.2 Å². The van der Waals surface area contributed by atoms with E-state index in [1.165, 1.54) is 5.06 Å². The third-order valence-corrected chi connectivity index (χ3v) is 6.18. The first-order valence-corrected chi connectivity index (χ1v) is 10.4. The van der Waals surface area contributed by atoms with Crippen LogP contribution in [0.4, 0.5) is 13.2 Å². The van der Waals surface area contributed by atoms with Gasteiger partial charge in [0.2, 0.25) is 5.91 Å². The van der Waals surface area contributed by atoms with Crippen molar-refractivity contribution in [2.45, 2.75) is 50.4 Å². The molecule has 3 atom stereocenters. The molecule has 30 heavy (non-hydrogen) atoms. The van der Waals surface area contributed by atoms with Crippen molar-refractivity contribution < 1.29 is 42.2 Å². The van der Waals surface area contributed by atoms with Gasteiger partial charge in [0.05, 0.1) is 32.3 Å². The second kappa shape index (κ2) is 10.3. The van der Waals surface area contributed by atoms with Crippen LogP contribution in [0, 0.1) is 11.8 Å². The van der Waals surface area contributed by atoms with E-state index in [9.17, 15) is 18.0 Å². The van der Waals surface area contributed by atoms with Crippen LogP contribution in [0.1, 0.15) is 32.1 Å². The van der Waals surface area contributed by atoms with Gasteiger partial charge in [0.25, 0.3) is 0 Å². The number of alkyl halides is 3. The van der Waals surface area contributed by atoms with E-state index in [0.717, 1.165) is 65.1 Å². The monoisotopic (exact) mass is 438 g/mol. The molecule has 4 fully saturated rings. The molecule has 11 heteroatoms. The second-order valence-electron chi connectivity index (χ2n) is 8.11. The maximum Gasteiger partial charge on any atom is 0.490 e. The molecule has 4 rings (SSSR count). The average molecular weight is 438 g/mol. The minimum Gasteiger partial charge on any atom is -0.475 e. The highest BCUT2D eigenvalue weighted by atomic mass is 19.4. The zero-order valence-electron chi connectivity index (χ0n) is 16.8.